The van der Waals surface area contributed by atoms with E-state index in [1.54, 1.807) is 4.90 Å². The van der Waals surface area contributed by atoms with E-state index in [-0.39, 0.29) is 17.6 Å². The van der Waals surface area contributed by atoms with Gasteiger partial charge in [0.15, 0.2) is 0 Å². The van der Waals surface area contributed by atoms with E-state index >= 15 is 0 Å². The first-order valence-corrected chi connectivity index (χ1v) is 8.60. The lowest BCUT2D eigenvalue weighted by atomic mass is 9.91. The molecule has 2 heterocycles. The van der Waals surface area contributed by atoms with Crippen LogP contribution in [0.4, 0.5) is 4.79 Å². The van der Waals surface area contributed by atoms with Crippen LogP contribution in [0.1, 0.15) is 53.9 Å². The van der Waals surface area contributed by atoms with Crippen molar-refractivity contribution in [3.8, 4) is 0 Å². The van der Waals surface area contributed by atoms with Crippen LogP contribution >= 0.6 is 0 Å². The van der Waals surface area contributed by atoms with Gasteiger partial charge in [0.2, 0.25) is 0 Å². The molecule has 2 aliphatic heterocycles. The molecule has 132 valence electrons. The summed E-state index contributed by atoms with van der Waals surface area (Å²) in [4.78, 5) is 28.0. The molecule has 1 spiro atoms. The van der Waals surface area contributed by atoms with E-state index in [0.717, 1.165) is 19.3 Å². The third-order valence-corrected chi connectivity index (χ3v) is 4.50. The third-order valence-electron chi connectivity index (χ3n) is 4.50. The van der Waals surface area contributed by atoms with Gasteiger partial charge in [0.1, 0.15) is 11.7 Å². The van der Waals surface area contributed by atoms with E-state index in [4.69, 9.17) is 9.47 Å². The number of carbonyl (C=O) groups is 2. The first kappa shape index (κ1) is 18.0. The highest BCUT2D eigenvalue weighted by molar-refractivity contribution is 5.81. The molecule has 2 aliphatic rings. The molecule has 2 saturated heterocycles. The van der Waals surface area contributed by atoms with Crippen molar-refractivity contribution in [2.45, 2.75) is 71.2 Å². The maximum Gasteiger partial charge on any atom is 0.410 e. The van der Waals surface area contributed by atoms with E-state index in [9.17, 15) is 9.59 Å². The SMILES string of the molecule is CCN1CC2(CCCN(C(=O)OC(C)(C)C)CC2)OC(C)C1=O. The van der Waals surface area contributed by atoms with Crippen LogP contribution < -0.4 is 0 Å². The van der Waals surface area contributed by atoms with Crippen molar-refractivity contribution in [1.29, 1.82) is 0 Å². The Bertz CT molecular complexity index is 460. The summed E-state index contributed by atoms with van der Waals surface area (Å²) in [7, 11) is 0. The van der Waals surface area contributed by atoms with Gasteiger partial charge in [-0.25, -0.2) is 4.79 Å². The maximum atomic E-state index is 12.3. The zero-order valence-electron chi connectivity index (χ0n) is 15.1. The predicted octanol–water partition coefficient (Wildman–Crippen LogP) is 2.41. The second kappa shape index (κ2) is 6.67. The van der Waals surface area contributed by atoms with Crippen molar-refractivity contribution in [3.05, 3.63) is 0 Å². The number of nitrogens with zero attached hydrogens (tertiary/aromatic N) is 2. The van der Waals surface area contributed by atoms with Gasteiger partial charge < -0.3 is 19.3 Å². The monoisotopic (exact) mass is 326 g/mol. The Balaban J connectivity index is 2.03. The number of likely N-dealkylation sites (tertiary alicyclic amines) is 1. The number of amides is 2. The molecule has 2 unspecified atom stereocenters. The molecule has 0 aromatic carbocycles. The van der Waals surface area contributed by atoms with E-state index in [1.165, 1.54) is 0 Å². The van der Waals surface area contributed by atoms with Crippen LogP contribution in [-0.2, 0) is 14.3 Å². The summed E-state index contributed by atoms with van der Waals surface area (Å²) in [5, 5.41) is 0. The number of morpholine rings is 1. The molecule has 2 atom stereocenters. The topological polar surface area (TPSA) is 59.1 Å². The minimum Gasteiger partial charge on any atom is -0.444 e. The first-order valence-electron chi connectivity index (χ1n) is 8.60. The predicted molar refractivity (Wildman–Crippen MR) is 87.2 cm³/mol. The molecule has 0 N–H and O–H groups in total. The maximum absolute atomic E-state index is 12.3. The minimum atomic E-state index is -0.484. The summed E-state index contributed by atoms with van der Waals surface area (Å²) in [6.45, 7) is 12.0. The fraction of sp³-hybridized carbons (Fsp3) is 0.882. The Morgan fingerprint density at radius 3 is 2.65 bits per heavy atom. The quantitative estimate of drug-likeness (QED) is 0.742. The van der Waals surface area contributed by atoms with E-state index in [0.29, 0.717) is 26.2 Å². The summed E-state index contributed by atoms with van der Waals surface area (Å²) in [6, 6.07) is 0. The smallest absolute Gasteiger partial charge is 0.410 e. The Morgan fingerprint density at radius 2 is 2.04 bits per heavy atom. The lowest BCUT2D eigenvalue weighted by molar-refractivity contribution is -0.182. The molecule has 6 heteroatoms. The molecule has 0 aliphatic carbocycles. The average Bonchev–Trinajstić information content (AvgIpc) is 2.64. The second-order valence-corrected chi connectivity index (χ2v) is 7.62. The number of rotatable bonds is 1. The van der Waals surface area contributed by atoms with Gasteiger partial charge in [0.05, 0.1) is 5.60 Å². The molecule has 0 bridgehead atoms. The van der Waals surface area contributed by atoms with Crippen LogP contribution in [0.15, 0.2) is 0 Å². The summed E-state index contributed by atoms with van der Waals surface area (Å²) < 4.78 is 11.6. The third kappa shape index (κ3) is 4.37. The molecule has 2 rings (SSSR count). The van der Waals surface area contributed by atoms with E-state index in [2.05, 4.69) is 0 Å². The number of carbonyl (C=O) groups excluding carboxylic acids is 2. The molecular formula is C17H30N2O4. The minimum absolute atomic E-state index is 0.0615. The van der Waals surface area contributed by atoms with Crippen molar-refractivity contribution in [3.63, 3.8) is 0 Å². The highest BCUT2D eigenvalue weighted by atomic mass is 16.6. The number of hydrogen-bond donors (Lipinski definition) is 0. The molecule has 2 amide bonds. The molecular weight excluding hydrogens is 296 g/mol. The summed E-state index contributed by atoms with van der Waals surface area (Å²) in [5.41, 5.74) is -0.817. The highest BCUT2D eigenvalue weighted by Crippen LogP contribution is 2.33. The normalized spacial score (nSPS) is 29.6. The number of likely N-dealkylation sites (N-methyl/N-ethyl adjacent to an activating group) is 1. The number of hydrogen-bond acceptors (Lipinski definition) is 4. The molecule has 0 saturated carbocycles. The van der Waals surface area contributed by atoms with Gasteiger partial charge in [0, 0.05) is 26.2 Å². The van der Waals surface area contributed by atoms with Crippen molar-refractivity contribution in [2.75, 3.05) is 26.2 Å². The van der Waals surface area contributed by atoms with Crippen LogP contribution in [0.25, 0.3) is 0 Å². The summed E-state index contributed by atoms with van der Waals surface area (Å²) in [5.74, 6) is 0.0615. The van der Waals surface area contributed by atoms with E-state index < -0.39 is 11.7 Å². The van der Waals surface area contributed by atoms with Gasteiger partial charge >= 0.3 is 6.09 Å². The van der Waals surface area contributed by atoms with Crippen LogP contribution in [0.3, 0.4) is 0 Å². The average molecular weight is 326 g/mol. The molecule has 0 radical (unpaired) electrons. The van der Waals surface area contributed by atoms with Crippen molar-refractivity contribution < 1.29 is 19.1 Å². The van der Waals surface area contributed by atoms with Gasteiger partial charge in [-0.3, -0.25) is 4.79 Å². The zero-order valence-corrected chi connectivity index (χ0v) is 15.1. The molecule has 0 aromatic rings. The summed E-state index contributed by atoms with van der Waals surface area (Å²) >= 11 is 0. The van der Waals surface area contributed by atoms with Crippen molar-refractivity contribution in [2.24, 2.45) is 0 Å². The molecule has 2 fully saturated rings. The lowest BCUT2D eigenvalue weighted by Gasteiger charge is -2.44. The van der Waals surface area contributed by atoms with Crippen LogP contribution in [0.2, 0.25) is 0 Å². The van der Waals surface area contributed by atoms with Gasteiger partial charge in [-0.15, -0.1) is 0 Å². The first-order chi connectivity index (χ1) is 10.7. The van der Waals surface area contributed by atoms with Gasteiger partial charge in [0.25, 0.3) is 5.91 Å². The van der Waals surface area contributed by atoms with Gasteiger partial charge in [-0.2, -0.15) is 0 Å². The van der Waals surface area contributed by atoms with Crippen LogP contribution in [0.5, 0.6) is 0 Å². The molecule has 6 nitrogen and oxygen atoms in total. The van der Waals surface area contributed by atoms with Crippen LogP contribution in [0, 0.1) is 0 Å². The second-order valence-electron chi connectivity index (χ2n) is 7.62. The molecule has 23 heavy (non-hydrogen) atoms. The molecule has 0 aromatic heterocycles. The fourth-order valence-corrected chi connectivity index (χ4v) is 3.37. The van der Waals surface area contributed by atoms with Crippen LogP contribution in [-0.4, -0.2) is 65.3 Å². The Labute approximate surface area is 139 Å². The zero-order chi connectivity index (χ0) is 17.3. The largest absolute Gasteiger partial charge is 0.444 e. The Kier molecular flexibility index (Phi) is 5.23. The Hall–Kier alpha value is -1.30. The standard InChI is InChI=1S/C17H30N2O4/c1-6-18-12-17(22-13(2)14(18)20)8-7-10-19(11-9-17)15(21)23-16(3,4)5/h13H,6-12H2,1-5H3. The van der Waals surface area contributed by atoms with Gasteiger partial charge in [-0.05, 0) is 53.9 Å². The Morgan fingerprint density at radius 1 is 1.35 bits per heavy atom. The van der Waals surface area contributed by atoms with Gasteiger partial charge in [-0.1, -0.05) is 0 Å². The summed E-state index contributed by atoms with van der Waals surface area (Å²) in [6.07, 6.45) is 1.79. The lowest BCUT2D eigenvalue weighted by Crippen LogP contribution is -2.58. The van der Waals surface area contributed by atoms with E-state index in [1.807, 2.05) is 39.5 Å². The number of ether oxygens (including phenoxy) is 2. The van der Waals surface area contributed by atoms with Crippen molar-refractivity contribution >= 4 is 12.0 Å². The van der Waals surface area contributed by atoms with Crippen molar-refractivity contribution in [1.82, 2.24) is 9.80 Å². The fourth-order valence-electron chi connectivity index (χ4n) is 3.37. The highest BCUT2D eigenvalue weighted by Gasteiger charge is 2.44.